The van der Waals surface area contributed by atoms with Gasteiger partial charge < -0.3 is 0 Å². The van der Waals surface area contributed by atoms with Gasteiger partial charge in [0.2, 0.25) is 0 Å². The van der Waals surface area contributed by atoms with E-state index in [2.05, 4.69) is 0 Å². The van der Waals surface area contributed by atoms with Crippen LogP contribution in [-0.4, -0.2) is 22.8 Å². The molecule has 0 aromatic heterocycles. The van der Waals surface area contributed by atoms with E-state index in [9.17, 15) is 9.59 Å². The van der Waals surface area contributed by atoms with Crippen molar-refractivity contribution in [3.63, 3.8) is 0 Å². The quantitative estimate of drug-likeness (QED) is 0.595. The SMILES string of the molecule is O=C1C=CC(=O)N1C1C2C3CCC(C3)C21. The Morgan fingerprint density at radius 1 is 1.00 bits per heavy atom. The molecule has 2 bridgehead atoms. The van der Waals surface area contributed by atoms with Crippen molar-refractivity contribution in [1.29, 1.82) is 0 Å². The molecule has 3 saturated carbocycles. The summed E-state index contributed by atoms with van der Waals surface area (Å²) in [5, 5.41) is 0. The molecule has 15 heavy (non-hydrogen) atoms. The Hall–Kier alpha value is -1.12. The first kappa shape index (κ1) is 8.08. The summed E-state index contributed by atoms with van der Waals surface area (Å²) in [5.74, 6) is 2.78. The molecular formula is C12H13NO2. The van der Waals surface area contributed by atoms with E-state index in [-0.39, 0.29) is 17.9 Å². The van der Waals surface area contributed by atoms with E-state index in [4.69, 9.17) is 0 Å². The normalized spacial score (nSPS) is 50.4. The topological polar surface area (TPSA) is 37.4 Å². The number of hydrogen-bond acceptors (Lipinski definition) is 2. The zero-order chi connectivity index (χ0) is 10.2. The minimum absolute atomic E-state index is 0.0844. The predicted molar refractivity (Wildman–Crippen MR) is 52.6 cm³/mol. The average molecular weight is 203 g/mol. The fraction of sp³-hybridized carbons (Fsp3) is 0.667. The van der Waals surface area contributed by atoms with Crippen molar-refractivity contribution >= 4 is 11.8 Å². The minimum Gasteiger partial charge on any atom is -0.272 e. The van der Waals surface area contributed by atoms with E-state index in [0.717, 1.165) is 11.8 Å². The summed E-state index contributed by atoms with van der Waals surface area (Å²) in [5.41, 5.74) is 0. The van der Waals surface area contributed by atoms with Gasteiger partial charge in [0.05, 0.1) is 0 Å². The van der Waals surface area contributed by atoms with E-state index < -0.39 is 0 Å². The van der Waals surface area contributed by atoms with Crippen molar-refractivity contribution in [1.82, 2.24) is 4.90 Å². The van der Waals surface area contributed by atoms with Crippen LogP contribution in [0.5, 0.6) is 0 Å². The van der Waals surface area contributed by atoms with Crippen LogP contribution in [0.1, 0.15) is 19.3 Å². The van der Waals surface area contributed by atoms with Gasteiger partial charge in [-0.2, -0.15) is 0 Å². The van der Waals surface area contributed by atoms with Gasteiger partial charge in [-0.25, -0.2) is 0 Å². The lowest BCUT2D eigenvalue weighted by Gasteiger charge is -2.18. The third kappa shape index (κ3) is 0.829. The van der Waals surface area contributed by atoms with Gasteiger partial charge in [0.1, 0.15) is 0 Å². The number of carbonyl (C=O) groups is 2. The highest BCUT2D eigenvalue weighted by Gasteiger charge is 2.68. The molecule has 0 N–H and O–H groups in total. The Morgan fingerprint density at radius 2 is 1.53 bits per heavy atom. The van der Waals surface area contributed by atoms with E-state index in [1.165, 1.54) is 36.3 Å². The van der Waals surface area contributed by atoms with Crippen LogP contribution in [0.15, 0.2) is 12.2 Å². The van der Waals surface area contributed by atoms with Gasteiger partial charge in [0.15, 0.2) is 0 Å². The largest absolute Gasteiger partial charge is 0.272 e. The highest BCUT2D eigenvalue weighted by molar-refractivity contribution is 6.13. The summed E-state index contributed by atoms with van der Waals surface area (Å²) in [6.07, 6.45) is 6.84. The maximum Gasteiger partial charge on any atom is 0.253 e. The Kier molecular flexibility index (Phi) is 1.26. The Labute approximate surface area is 88.1 Å². The summed E-state index contributed by atoms with van der Waals surface area (Å²) < 4.78 is 0. The van der Waals surface area contributed by atoms with Crippen LogP contribution < -0.4 is 0 Å². The molecule has 78 valence electrons. The molecule has 0 saturated heterocycles. The summed E-state index contributed by atoms with van der Waals surface area (Å²) in [6, 6.07) is 0.270. The lowest BCUT2D eigenvalue weighted by molar-refractivity contribution is -0.138. The monoisotopic (exact) mass is 203 g/mol. The number of rotatable bonds is 1. The van der Waals surface area contributed by atoms with Crippen LogP contribution in [-0.2, 0) is 9.59 Å². The summed E-state index contributed by atoms with van der Waals surface area (Å²) in [6.45, 7) is 0. The van der Waals surface area contributed by atoms with Crippen molar-refractivity contribution in [2.24, 2.45) is 23.7 Å². The zero-order valence-corrected chi connectivity index (χ0v) is 8.43. The Bertz CT molecular complexity index is 366. The first-order valence-electron chi connectivity index (χ1n) is 5.82. The van der Waals surface area contributed by atoms with Gasteiger partial charge in [-0.3, -0.25) is 14.5 Å². The van der Waals surface area contributed by atoms with Crippen LogP contribution in [0.25, 0.3) is 0 Å². The second kappa shape index (κ2) is 2.34. The third-order valence-electron chi connectivity index (χ3n) is 4.84. The summed E-state index contributed by atoms with van der Waals surface area (Å²) in [7, 11) is 0. The van der Waals surface area contributed by atoms with Gasteiger partial charge in [0.25, 0.3) is 11.8 Å². The molecule has 4 atom stereocenters. The molecule has 0 spiro atoms. The highest BCUT2D eigenvalue weighted by atomic mass is 16.2. The van der Waals surface area contributed by atoms with E-state index in [1.54, 1.807) is 0 Å². The smallest absolute Gasteiger partial charge is 0.253 e. The van der Waals surface area contributed by atoms with Crippen molar-refractivity contribution in [3.05, 3.63) is 12.2 Å². The van der Waals surface area contributed by atoms with Gasteiger partial charge >= 0.3 is 0 Å². The van der Waals surface area contributed by atoms with Crippen molar-refractivity contribution in [2.75, 3.05) is 0 Å². The minimum atomic E-state index is -0.0844. The van der Waals surface area contributed by atoms with Crippen LogP contribution in [0, 0.1) is 23.7 Å². The standard InChI is InChI=1S/C12H13NO2/c14-8-3-4-9(15)13(8)12-10-6-1-2-7(5-6)11(10)12/h3-4,6-7,10-12H,1-2,5H2. The second-order valence-electron chi connectivity index (χ2n) is 5.36. The Morgan fingerprint density at radius 3 is 2.07 bits per heavy atom. The molecule has 3 heteroatoms. The van der Waals surface area contributed by atoms with Crippen LogP contribution in [0.4, 0.5) is 0 Å². The molecule has 0 radical (unpaired) electrons. The molecule has 0 aromatic rings. The lowest BCUT2D eigenvalue weighted by Crippen LogP contribution is -2.35. The van der Waals surface area contributed by atoms with Crippen molar-refractivity contribution in [3.8, 4) is 0 Å². The molecule has 4 aliphatic rings. The zero-order valence-electron chi connectivity index (χ0n) is 8.43. The lowest BCUT2D eigenvalue weighted by atomic mass is 10.0. The average Bonchev–Trinajstić information content (AvgIpc) is 2.61. The van der Waals surface area contributed by atoms with Crippen molar-refractivity contribution in [2.45, 2.75) is 25.3 Å². The fourth-order valence-electron chi connectivity index (χ4n) is 4.33. The number of carbonyl (C=O) groups excluding carboxylic acids is 2. The number of imide groups is 1. The third-order valence-corrected chi connectivity index (χ3v) is 4.84. The number of hydrogen-bond donors (Lipinski definition) is 0. The van der Waals surface area contributed by atoms with Gasteiger partial charge in [-0.15, -0.1) is 0 Å². The van der Waals surface area contributed by atoms with Crippen LogP contribution in [0.3, 0.4) is 0 Å². The molecule has 4 unspecified atom stereocenters. The first-order valence-corrected chi connectivity index (χ1v) is 5.82. The predicted octanol–water partition coefficient (Wildman–Crippen LogP) is 0.956. The molecule has 3 fully saturated rings. The molecule has 2 amide bonds. The van der Waals surface area contributed by atoms with Crippen molar-refractivity contribution < 1.29 is 9.59 Å². The fourth-order valence-corrected chi connectivity index (χ4v) is 4.33. The van der Waals surface area contributed by atoms with E-state index >= 15 is 0 Å². The van der Waals surface area contributed by atoms with Gasteiger partial charge in [0, 0.05) is 18.2 Å². The number of nitrogens with zero attached hydrogens (tertiary/aromatic N) is 1. The maximum atomic E-state index is 11.5. The highest BCUT2D eigenvalue weighted by Crippen LogP contribution is 2.67. The maximum absolute atomic E-state index is 11.5. The van der Waals surface area contributed by atoms with Crippen LogP contribution >= 0.6 is 0 Å². The molecule has 0 aromatic carbocycles. The second-order valence-corrected chi connectivity index (χ2v) is 5.36. The molecule has 4 rings (SSSR count). The molecule has 1 heterocycles. The summed E-state index contributed by atoms with van der Waals surface area (Å²) in [4.78, 5) is 24.6. The molecule has 1 aliphatic heterocycles. The number of fused-ring (bicyclic) bond motifs is 5. The number of amides is 2. The Balaban J connectivity index is 1.63. The molecular weight excluding hydrogens is 190 g/mol. The first-order chi connectivity index (χ1) is 7.27. The van der Waals surface area contributed by atoms with Crippen LogP contribution in [0.2, 0.25) is 0 Å². The summed E-state index contributed by atoms with van der Waals surface area (Å²) >= 11 is 0. The molecule has 3 aliphatic carbocycles. The van der Waals surface area contributed by atoms with E-state index in [0.29, 0.717) is 11.8 Å². The van der Waals surface area contributed by atoms with Gasteiger partial charge in [-0.05, 0) is 42.9 Å². The van der Waals surface area contributed by atoms with Gasteiger partial charge in [-0.1, -0.05) is 0 Å². The molecule has 3 nitrogen and oxygen atoms in total. The van der Waals surface area contributed by atoms with E-state index in [1.807, 2.05) is 0 Å².